The van der Waals surface area contributed by atoms with Gasteiger partial charge in [-0.1, -0.05) is 6.92 Å². The van der Waals surface area contributed by atoms with Crippen LogP contribution in [0.25, 0.3) is 0 Å². The van der Waals surface area contributed by atoms with Gasteiger partial charge < -0.3 is 21.3 Å². The maximum absolute atomic E-state index is 5.97. The van der Waals surface area contributed by atoms with Gasteiger partial charge in [0.15, 0.2) is 0 Å². The molecule has 0 aromatic carbocycles. The molecule has 19 heavy (non-hydrogen) atoms. The molecular weight excluding hydrogens is 240 g/mol. The van der Waals surface area contributed by atoms with Gasteiger partial charge in [0.1, 0.15) is 11.6 Å². The van der Waals surface area contributed by atoms with Gasteiger partial charge in [0, 0.05) is 31.7 Å². The smallest absolute Gasteiger partial charge is 0.223 e. The van der Waals surface area contributed by atoms with E-state index in [4.69, 9.17) is 11.5 Å². The van der Waals surface area contributed by atoms with Crippen LogP contribution in [-0.2, 0) is 6.42 Å². The molecule has 1 aromatic heterocycles. The Kier molecular flexibility index (Phi) is 2.97. The minimum atomic E-state index is 0.277. The monoisotopic (exact) mass is 262 g/mol. The van der Waals surface area contributed by atoms with Gasteiger partial charge >= 0.3 is 0 Å². The summed E-state index contributed by atoms with van der Waals surface area (Å²) in [5.41, 5.74) is 12.8. The molecule has 0 saturated carbocycles. The summed E-state index contributed by atoms with van der Waals surface area (Å²) in [5.74, 6) is 3.24. The number of aromatic nitrogens is 2. The molecule has 3 rings (SSSR count). The summed E-state index contributed by atoms with van der Waals surface area (Å²) >= 11 is 0. The molecule has 0 bridgehead atoms. The van der Waals surface area contributed by atoms with Crippen LogP contribution in [0.1, 0.15) is 12.5 Å². The fraction of sp³-hybridized carbons (Fsp3) is 0.692. The third-order valence-corrected chi connectivity index (χ3v) is 4.36. The highest BCUT2D eigenvalue weighted by Gasteiger charge is 2.39. The first kappa shape index (κ1) is 12.5. The predicted molar refractivity (Wildman–Crippen MR) is 76.9 cm³/mol. The molecule has 2 atom stereocenters. The highest BCUT2D eigenvalue weighted by Crippen LogP contribution is 2.35. The van der Waals surface area contributed by atoms with Gasteiger partial charge in [0.25, 0.3) is 0 Å². The third kappa shape index (κ3) is 2.10. The van der Waals surface area contributed by atoms with Crippen LogP contribution in [0, 0.1) is 11.8 Å². The van der Waals surface area contributed by atoms with E-state index in [-0.39, 0.29) is 5.95 Å². The molecule has 2 aliphatic rings. The van der Waals surface area contributed by atoms with E-state index < -0.39 is 0 Å². The van der Waals surface area contributed by atoms with Crippen molar-refractivity contribution in [2.75, 3.05) is 49.6 Å². The molecule has 6 heteroatoms. The minimum Gasteiger partial charge on any atom is -0.383 e. The molecular formula is C13H22N6. The molecule has 1 aromatic rings. The van der Waals surface area contributed by atoms with Crippen LogP contribution >= 0.6 is 0 Å². The molecule has 2 unspecified atom stereocenters. The Balaban J connectivity index is 1.88. The molecule has 0 spiro atoms. The summed E-state index contributed by atoms with van der Waals surface area (Å²) in [6.45, 7) is 6.55. The predicted octanol–water partition coefficient (Wildman–Crippen LogP) is 0.201. The Bertz CT molecular complexity index is 474. The topological polar surface area (TPSA) is 84.3 Å². The van der Waals surface area contributed by atoms with Crippen molar-refractivity contribution in [2.24, 2.45) is 11.8 Å². The number of rotatable bonds is 2. The Morgan fingerprint density at radius 1 is 1.11 bits per heavy atom. The second kappa shape index (κ2) is 4.52. The average Bonchev–Trinajstić information content (AvgIpc) is 2.84. The summed E-state index contributed by atoms with van der Waals surface area (Å²) in [4.78, 5) is 13.3. The molecule has 2 fully saturated rings. The Hall–Kier alpha value is -1.56. The molecule has 0 aliphatic carbocycles. The van der Waals surface area contributed by atoms with E-state index in [0.29, 0.717) is 5.82 Å². The molecule has 6 nitrogen and oxygen atoms in total. The Labute approximate surface area is 113 Å². The van der Waals surface area contributed by atoms with Crippen LogP contribution < -0.4 is 16.4 Å². The first-order chi connectivity index (χ1) is 9.08. The molecule has 0 radical (unpaired) electrons. The van der Waals surface area contributed by atoms with Crippen molar-refractivity contribution in [3.05, 3.63) is 5.56 Å². The average molecular weight is 262 g/mol. The summed E-state index contributed by atoms with van der Waals surface area (Å²) in [5, 5.41) is 0. The van der Waals surface area contributed by atoms with Crippen molar-refractivity contribution >= 4 is 17.6 Å². The molecule has 3 heterocycles. The van der Waals surface area contributed by atoms with Crippen molar-refractivity contribution in [1.29, 1.82) is 0 Å². The number of likely N-dealkylation sites (tertiary alicyclic amines) is 1. The van der Waals surface area contributed by atoms with E-state index in [1.807, 2.05) is 0 Å². The van der Waals surface area contributed by atoms with E-state index in [1.165, 1.54) is 13.1 Å². The lowest BCUT2D eigenvalue weighted by atomic mass is 10.0. The largest absolute Gasteiger partial charge is 0.383 e. The van der Waals surface area contributed by atoms with Crippen LogP contribution in [0.4, 0.5) is 17.6 Å². The molecule has 104 valence electrons. The summed E-state index contributed by atoms with van der Waals surface area (Å²) in [7, 11) is 2.20. The number of nitrogens with two attached hydrogens (primary N) is 2. The molecule has 4 N–H and O–H groups in total. The SMILES string of the molecule is CCc1c(N)nc(N)nc1N1CC2CN(C)CC2C1. The second-order valence-corrected chi connectivity index (χ2v) is 5.77. The van der Waals surface area contributed by atoms with Gasteiger partial charge in [-0.05, 0) is 25.3 Å². The fourth-order valence-electron chi connectivity index (χ4n) is 3.51. The molecule has 2 aliphatic heterocycles. The maximum atomic E-state index is 5.97. The fourth-order valence-corrected chi connectivity index (χ4v) is 3.51. The second-order valence-electron chi connectivity index (χ2n) is 5.77. The first-order valence-corrected chi connectivity index (χ1v) is 6.93. The minimum absolute atomic E-state index is 0.277. The zero-order valence-electron chi connectivity index (χ0n) is 11.6. The van der Waals surface area contributed by atoms with Crippen molar-refractivity contribution in [3.8, 4) is 0 Å². The quantitative estimate of drug-likeness (QED) is 0.792. The lowest BCUT2D eigenvalue weighted by molar-refractivity contribution is 0.387. The molecule has 0 amide bonds. The van der Waals surface area contributed by atoms with Crippen LogP contribution in [0.3, 0.4) is 0 Å². The van der Waals surface area contributed by atoms with E-state index in [2.05, 4.69) is 33.7 Å². The van der Waals surface area contributed by atoms with Crippen molar-refractivity contribution < 1.29 is 0 Å². The molecule has 2 saturated heterocycles. The van der Waals surface area contributed by atoms with Gasteiger partial charge in [0.2, 0.25) is 5.95 Å². The van der Waals surface area contributed by atoms with Gasteiger partial charge in [0.05, 0.1) is 0 Å². The zero-order chi connectivity index (χ0) is 13.6. The summed E-state index contributed by atoms with van der Waals surface area (Å²) < 4.78 is 0. The van der Waals surface area contributed by atoms with Crippen LogP contribution in [0.15, 0.2) is 0 Å². The number of hydrogen-bond donors (Lipinski definition) is 2. The summed E-state index contributed by atoms with van der Waals surface area (Å²) in [6, 6.07) is 0. The lowest BCUT2D eigenvalue weighted by Gasteiger charge is -2.23. The van der Waals surface area contributed by atoms with E-state index in [9.17, 15) is 0 Å². The number of fused-ring (bicyclic) bond motifs is 1. The lowest BCUT2D eigenvalue weighted by Crippen LogP contribution is -2.28. The van der Waals surface area contributed by atoms with Gasteiger partial charge in [-0.3, -0.25) is 0 Å². The van der Waals surface area contributed by atoms with Crippen LogP contribution in [0.5, 0.6) is 0 Å². The van der Waals surface area contributed by atoms with Gasteiger partial charge in [-0.25, -0.2) is 0 Å². The third-order valence-electron chi connectivity index (χ3n) is 4.36. The highest BCUT2D eigenvalue weighted by molar-refractivity contribution is 5.60. The van der Waals surface area contributed by atoms with E-state index in [0.717, 1.165) is 42.7 Å². The van der Waals surface area contributed by atoms with Crippen molar-refractivity contribution in [2.45, 2.75) is 13.3 Å². The number of hydrogen-bond acceptors (Lipinski definition) is 6. The van der Waals surface area contributed by atoms with Crippen molar-refractivity contribution in [3.63, 3.8) is 0 Å². The first-order valence-electron chi connectivity index (χ1n) is 6.93. The Morgan fingerprint density at radius 2 is 1.74 bits per heavy atom. The summed E-state index contributed by atoms with van der Waals surface area (Å²) in [6.07, 6.45) is 0.840. The van der Waals surface area contributed by atoms with Gasteiger partial charge in [-0.15, -0.1) is 0 Å². The number of anilines is 3. The standard InChI is InChI=1S/C13H22N6/c1-3-10-11(14)16-13(15)17-12(10)19-6-8-4-18(2)5-9(8)7-19/h8-9H,3-7H2,1-2H3,(H4,14,15,16,17). The van der Waals surface area contributed by atoms with E-state index in [1.54, 1.807) is 0 Å². The van der Waals surface area contributed by atoms with Crippen molar-refractivity contribution in [1.82, 2.24) is 14.9 Å². The van der Waals surface area contributed by atoms with Gasteiger partial charge in [-0.2, -0.15) is 9.97 Å². The van der Waals surface area contributed by atoms with E-state index >= 15 is 0 Å². The maximum Gasteiger partial charge on any atom is 0.223 e. The normalized spacial score (nSPS) is 26.9. The highest BCUT2D eigenvalue weighted by atomic mass is 15.3. The number of nitrogens with zero attached hydrogens (tertiary/aromatic N) is 4. The Morgan fingerprint density at radius 3 is 2.32 bits per heavy atom. The zero-order valence-corrected chi connectivity index (χ0v) is 11.6. The van der Waals surface area contributed by atoms with Crippen LogP contribution in [-0.4, -0.2) is 48.1 Å². The number of nitrogen functional groups attached to an aromatic ring is 2. The van der Waals surface area contributed by atoms with Crippen LogP contribution in [0.2, 0.25) is 0 Å².